The van der Waals surface area contributed by atoms with E-state index in [-0.39, 0.29) is 5.91 Å². The number of hydrogen-bond acceptors (Lipinski definition) is 4. The lowest BCUT2D eigenvalue weighted by atomic mass is 10.0. The minimum absolute atomic E-state index is 0.0369. The van der Waals surface area contributed by atoms with Gasteiger partial charge in [-0.15, -0.1) is 0 Å². The molecule has 0 radical (unpaired) electrons. The molecule has 2 atom stereocenters. The maximum Gasteiger partial charge on any atom is 0.257 e. The van der Waals surface area contributed by atoms with Crippen LogP contribution in [-0.4, -0.2) is 68.3 Å². The Labute approximate surface area is 174 Å². The quantitative estimate of drug-likeness (QED) is 0.665. The van der Waals surface area contributed by atoms with E-state index in [4.69, 9.17) is 9.47 Å². The first-order valence-electron chi connectivity index (χ1n) is 10.3. The highest BCUT2D eigenvalue weighted by molar-refractivity contribution is 5.98. The van der Waals surface area contributed by atoms with Gasteiger partial charge in [-0.2, -0.15) is 0 Å². The van der Waals surface area contributed by atoms with Crippen molar-refractivity contribution in [2.24, 2.45) is 0 Å². The van der Waals surface area contributed by atoms with Gasteiger partial charge in [-0.25, -0.2) is 0 Å². The fourth-order valence-electron chi connectivity index (χ4n) is 4.21. The second kappa shape index (κ2) is 9.90. The van der Waals surface area contributed by atoms with Crippen LogP contribution in [0.25, 0.3) is 11.1 Å². The molecule has 0 N–H and O–H groups in total. The van der Waals surface area contributed by atoms with Crippen molar-refractivity contribution in [2.75, 3.05) is 40.5 Å². The number of hydrogen-bond donors (Lipinski definition) is 0. The summed E-state index contributed by atoms with van der Waals surface area (Å²) in [7, 11) is 3.35. The van der Waals surface area contributed by atoms with Crippen LogP contribution < -0.4 is 4.74 Å². The molecule has 0 bridgehead atoms. The Balaban J connectivity index is 1.79. The Hall–Kier alpha value is -2.37. The molecule has 0 saturated carbocycles. The van der Waals surface area contributed by atoms with Gasteiger partial charge in [0.2, 0.25) is 0 Å². The van der Waals surface area contributed by atoms with Crippen molar-refractivity contribution < 1.29 is 14.3 Å². The van der Waals surface area contributed by atoms with E-state index in [1.54, 1.807) is 14.2 Å². The Kier molecular flexibility index (Phi) is 7.29. The number of nitrogens with zero attached hydrogens (tertiary/aromatic N) is 2. The SMILES string of the molecule is COCCCN1C(C)CN(C(=O)c2cc(-c3ccccc3)ccc2OC)CC1C. The van der Waals surface area contributed by atoms with Gasteiger partial charge in [-0.3, -0.25) is 9.69 Å². The summed E-state index contributed by atoms with van der Waals surface area (Å²) in [6.45, 7) is 7.58. The average molecular weight is 397 g/mol. The monoisotopic (exact) mass is 396 g/mol. The van der Waals surface area contributed by atoms with E-state index in [0.717, 1.165) is 43.8 Å². The van der Waals surface area contributed by atoms with Crippen LogP contribution in [0.1, 0.15) is 30.6 Å². The lowest BCUT2D eigenvalue weighted by molar-refractivity contribution is 0.0268. The van der Waals surface area contributed by atoms with Crippen LogP contribution in [0, 0.1) is 0 Å². The topological polar surface area (TPSA) is 42.0 Å². The number of carbonyl (C=O) groups excluding carboxylic acids is 1. The summed E-state index contributed by atoms with van der Waals surface area (Å²) >= 11 is 0. The number of methoxy groups -OCH3 is 2. The van der Waals surface area contributed by atoms with E-state index in [9.17, 15) is 4.79 Å². The lowest BCUT2D eigenvalue weighted by Gasteiger charge is -2.44. The number of benzene rings is 2. The highest BCUT2D eigenvalue weighted by atomic mass is 16.5. The van der Waals surface area contributed by atoms with Gasteiger partial charge in [0.1, 0.15) is 5.75 Å². The third-order valence-electron chi connectivity index (χ3n) is 5.69. The Morgan fingerprint density at radius 1 is 1.00 bits per heavy atom. The molecular weight excluding hydrogens is 364 g/mol. The van der Waals surface area contributed by atoms with Crippen molar-refractivity contribution in [2.45, 2.75) is 32.4 Å². The summed E-state index contributed by atoms with van der Waals surface area (Å²) in [5, 5.41) is 0. The van der Waals surface area contributed by atoms with Crippen LogP contribution in [0.15, 0.2) is 48.5 Å². The molecule has 2 aromatic rings. The second-order valence-electron chi connectivity index (χ2n) is 7.77. The zero-order valence-corrected chi connectivity index (χ0v) is 17.9. The summed E-state index contributed by atoms with van der Waals surface area (Å²) in [5.41, 5.74) is 2.74. The summed E-state index contributed by atoms with van der Waals surface area (Å²) in [6, 6.07) is 16.6. The zero-order chi connectivity index (χ0) is 20.8. The van der Waals surface area contributed by atoms with Crippen LogP contribution in [0.4, 0.5) is 0 Å². The highest BCUT2D eigenvalue weighted by Crippen LogP contribution is 2.29. The van der Waals surface area contributed by atoms with Gasteiger partial charge >= 0.3 is 0 Å². The zero-order valence-electron chi connectivity index (χ0n) is 17.9. The third-order valence-corrected chi connectivity index (χ3v) is 5.69. The van der Waals surface area contributed by atoms with E-state index in [2.05, 4.69) is 30.9 Å². The molecule has 3 rings (SSSR count). The molecule has 1 heterocycles. The molecule has 5 heteroatoms. The molecule has 1 aliphatic rings. The van der Waals surface area contributed by atoms with Gasteiger partial charge in [0, 0.05) is 45.4 Å². The van der Waals surface area contributed by atoms with E-state index in [0.29, 0.717) is 23.4 Å². The molecule has 1 aliphatic heterocycles. The first-order valence-corrected chi connectivity index (χ1v) is 10.3. The molecule has 0 aliphatic carbocycles. The number of piperazine rings is 1. The Bertz CT molecular complexity index is 797. The van der Waals surface area contributed by atoms with Crippen molar-refractivity contribution in [1.29, 1.82) is 0 Å². The molecule has 156 valence electrons. The predicted octanol–water partition coefficient (Wildman–Crippen LogP) is 3.93. The lowest BCUT2D eigenvalue weighted by Crippen LogP contribution is -2.58. The number of rotatable bonds is 7. The highest BCUT2D eigenvalue weighted by Gasteiger charge is 2.32. The van der Waals surface area contributed by atoms with Crippen molar-refractivity contribution in [3.05, 3.63) is 54.1 Å². The molecule has 0 aromatic heterocycles. The van der Waals surface area contributed by atoms with Crippen LogP contribution in [0.3, 0.4) is 0 Å². The Morgan fingerprint density at radius 3 is 2.31 bits per heavy atom. The van der Waals surface area contributed by atoms with E-state index >= 15 is 0 Å². The van der Waals surface area contributed by atoms with Gasteiger partial charge < -0.3 is 14.4 Å². The molecule has 29 heavy (non-hydrogen) atoms. The summed E-state index contributed by atoms with van der Waals surface area (Å²) in [6.07, 6.45) is 1.01. The van der Waals surface area contributed by atoms with Crippen molar-refractivity contribution >= 4 is 5.91 Å². The smallest absolute Gasteiger partial charge is 0.257 e. The normalized spacial score (nSPS) is 19.9. The van der Waals surface area contributed by atoms with Crippen LogP contribution in [0.2, 0.25) is 0 Å². The Morgan fingerprint density at radius 2 is 1.69 bits per heavy atom. The summed E-state index contributed by atoms with van der Waals surface area (Å²) in [5.74, 6) is 0.660. The van der Waals surface area contributed by atoms with E-state index < -0.39 is 0 Å². The number of amides is 1. The molecule has 1 fully saturated rings. The first kappa shape index (κ1) is 21.3. The van der Waals surface area contributed by atoms with Gasteiger partial charge in [0.25, 0.3) is 5.91 Å². The third kappa shape index (κ3) is 4.98. The molecule has 0 spiro atoms. The van der Waals surface area contributed by atoms with Gasteiger partial charge in [0.15, 0.2) is 0 Å². The van der Waals surface area contributed by atoms with Gasteiger partial charge in [-0.1, -0.05) is 36.4 Å². The minimum atomic E-state index is 0.0369. The van der Waals surface area contributed by atoms with Crippen LogP contribution in [0.5, 0.6) is 5.75 Å². The maximum absolute atomic E-state index is 13.4. The fourth-order valence-corrected chi connectivity index (χ4v) is 4.21. The number of carbonyl (C=O) groups is 1. The molecule has 1 saturated heterocycles. The molecule has 5 nitrogen and oxygen atoms in total. The van der Waals surface area contributed by atoms with Crippen molar-refractivity contribution in [3.63, 3.8) is 0 Å². The summed E-state index contributed by atoms with van der Waals surface area (Å²) in [4.78, 5) is 17.9. The van der Waals surface area contributed by atoms with Gasteiger partial charge in [-0.05, 0) is 43.5 Å². The van der Waals surface area contributed by atoms with E-state index in [1.165, 1.54) is 0 Å². The number of ether oxygens (including phenoxy) is 2. The standard InChI is InChI=1S/C24H32N2O3/c1-18-16-25(17-19(2)26(18)13-8-14-28-3)24(27)22-15-21(11-12-23(22)29-4)20-9-6-5-7-10-20/h5-7,9-12,15,18-19H,8,13-14,16-17H2,1-4H3. The fraction of sp³-hybridized carbons (Fsp3) is 0.458. The molecular formula is C24H32N2O3. The van der Waals surface area contributed by atoms with E-state index in [1.807, 2.05) is 41.3 Å². The first-order chi connectivity index (χ1) is 14.0. The van der Waals surface area contributed by atoms with Crippen LogP contribution in [-0.2, 0) is 4.74 Å². The molecule has 2 unspecified atom stereocenters. The molecule has 2 aromatic carbocycles. The maximum atomic E-state index is 13.4. The average Bonchev–Trinajstić information content (AvgIpc) is 2.75. The largest absolute Gasteiger partial charge is 0.496 e. The summed E-state index contributed by atoms with van der Waals surface area (Å²) < 4.78 is 10.7. The minimum Gasteiger partial charge on any atom is -0.496 e. The van der Waals surface area contributed by atoms with Crippen LogP contribution >= 0.6 is 0 Å². The van der Waals surface area contributed by atoms with Crippen molar-refractivity contribution in [3.8, 4) is 16.9 Å². The second-order valence-corrected chi connectivity index (χ2v) is 7.77. The van der Waals surface area contributed by atoms with Gasteiger partial charge in [0.05, 0.1) is 12.7 Å². The van der Waals surface area contributed by atoms with Crippen molar-refractivity contribution in [1.82, 2.24) is 9.80 Å². The molecule has 1 amide bonds. The predicted molar refractivity (Wildman–Crippen MR) is 116 cm³/mol.